The van der Waals surface area contributed by atoms with Gasteiger partial charge in [-0.05, 0) is 31.0 Å². The number of likely N-dealkylation sites (tertiary alicyclic amines) is 1. The van der Waals surface area contributed by atoms with Crippen molar-refractivity contribution in [3.63, 3.8) is 0 Å². The molecule has 1 N–H and O–H groups in total. The van der Waals surface area contributed by atoms with Crippen LogP contribution in [0.2, 0.25) is 0 Å². The minimum atomic E-state index is -0.393. The van der Waals surface area contributed by atoms with E-state index in [1.807, 2.05) is 38.1 Å². The van der Waals surface area contributed by atoms with E-state index < -0.39 is 6.04 Å². The molecule has 1 heterocycles. The summed E-state index contributed by atoms with van der Waals surface area (Å²) in [7, 11) is 0. The van der Waals surface area contributed by atoms with Crippen molar-refractivity contribution >= 4 is 27.7 Å². The molecule has 0 saturated carbocycles. The number of halogens is 1. The van der Waals surface area contributed by atoms with E-state index in [1.54, 1.807) is 0 Å². The summed E-state index contributed by atoms with van der Waals surface area (Å²) in [4.78, 5) is 25.6. The van der Waals surface area contributed by atoms with Gasteiger partial charge in [-0.25, -0.2) is 0 Å². The van der Waals surface area contributed by atoms with Gasteiger partial charge in [0.2, 0.25) is 11.8 Å². The lowest BCUT2D eigenvalue weighted by Gasteiger charge is -2.21. The Morgan fingerprint density at radius 1 is 1.45 bits per heavy atom. The lowest BCUT2D eigenvalue weighted by molar-refractivity contribution is -0.141. The van der Waals surface area contributed by atoms with E-state index in [9.17, 15) is 9.59 Å². The lowest BCUT2D eigenvalue weighted by Crippen LogP contribution is -2.42. The minimum Gasteiger partial charge on any atom is -0.301 e. The van der Waals surface area contributed by atoms with Crippen molar-refractivity contribution in [3.05, 3.63) is 34.3 Å². The summed E-state index contributed by atoms with van der Waals surface area (Å²) in [5.41, 5.74) is 1.08. The van der Waals surface area contributed by atoms with Gasteiger partial charge in [0.15, 0.2) is 0 Å². The quantitative estimate of drug-likeness (QED) is 0.839. The largest absolute Gasteiger partial charge is 0.301 e. The molecule has 2 rings (SSSR count). The molecule has 0 radical (unpaired) electrons. The Kier molecular flexibility index (Phi) is 4.94. The first kappa shape index (κ1) is 15.2. The van der Waals surface area contributed by atoms with E-state index in [1.165, 1.54) is 4.90 Å². The molecule has 20 heavy (non-hydrogen) atoms. The second kappa shape index (κ2) is 6.50. The number of rotatable bonds is 5. The van der Waals surface area contributed by atoms with Crippen LogP contribution >= 0.6 is 15.9 Å². The van der Waals surface area contributed by atoms with Crippen LogP contribution in [-0.2, 0) is 16.1 Å². The number of carbonyl (C=O) groups excluding carboxylic acids is 2. The topological polar surface area (TPSA) is 49.4 Å². The van der Waals surface area contributed by atoms with Crippen LogP contribution in [0.15, 0.2) is 28.7 Å². The fourth-order valence-electron chi connectivity index (χ4n) is 2.34. The van der Waals surface area contributed by atoms with Gasteiger partial charge in [-0.1, -0.05) is 35.0 Å². The van der Waals surface area contributed by atoms with Crippen LogP contribution in [0.4, 0.5) is 0 Å². The Labute approximate surface area is 127 Å². The molecule has 5 heteroatoms. The summed E-state index contributed by atoms with van der Waals surface area (Å²) in [6, 6.07) is 7.49. The van der Waals surface area contributed by atoms with E-state index in [4.69, 9.17) is 0 Å². The van der Waals surface area contributed by atoms with Crippen molar-refractivity contribution < 1.29 is 9.59 Å². The van der Waals surface area contributed by atoms with Crippen molar-refractivity contribution in [2.75, 3.05) is 0 Å². The molecule has 1 aromatic carbocycles. The molecule has 108 valence electrons. The molecule has 1 aliphatic heterocycles. The summed E-state index contributed by atoms with van der Waals surface area (Å²) in [6.45, 7) is 4.47. The van der Waals surface area contributed by atoms with Gasteiger partial charge in [-0.15, -0.1) is 0 Å². The standard InChI is InChI=1S/C15H19BrN2O2/c1-3-10(2)18-14(19)8-13(15(18)20)17-9-11-5-4-6-12(16)7-11/h4-7,10,13,17H,3,8-9H2,1-2H3. The third kappa shape index (κ3) is 3.27. The summed E-state index contributed by atoms with van der Waals surface area (Å²) in [5.74, 6) is -0.171. The number of hydrogen-bond donors (Lipinski definition) is 1. The lowest BCUT2D eigenvalue weighted by atomic mass is 10.2. The Hall–Kier alpha value is -1.20. The molecular formula is C15H19BrN2O2. The third-order valence-corrected chi connectivity index (χ3v) is 4.15. The number of carbonyl (C=O) groups is 2. The smallest absolute Gasteiger partial charge is 0.247 e. The van der Waals surface area contributed by atoms with Gasteiger partial charge in [0.05, 0.1) is 12.5 Å². The van der Waals surface area contributed by atoms with E-state index in [0.29, 0.717) is 6.54 Å². The predicted octanol–water partition coefficient (Wildman–Crippen LogP) is 2.46. The molecule has 0 aromatic heterocycles. The Morgan fingerprint density at radius 3 is 2.85 bits per heavy atom. The van der Waals surface area contributed by atoms with Crippen LogP contribution in [0.5, 0.6) is 0 Å². The van der Waals surface area contributed by atoms with Gasteiger partial charge in [0.25, 0.3) is 0 Å². The summed E-state index contributed by atoms with van der Waals surface area (Å²) < 4.78 is 1.01. The fourth-order valence-corrected chi connectivity index (χ4v) is 2.79. The molecule has 2 atom stereocenters. The van der Waals surface area contributed by atoms with Gasteiger partial charge >= 0.3 is 0 Å². The maximum atomic E-state index is 12.2. The first-order valence-electron chi connectivity index (χ1n) is 6.86. The van der Waals surface area contributed by atoms with E-state index >= 15 is 0 Å². The predicted molar refractivity (Wildman–Crippen MR) is 81.0 cm³/mol. The zero-order valence-corrected chi connectivity index (χ0v) is 13.3. The second-order valence-corrected chi connectivity index (χ2v) is 6.04. The summed E-state index contributed by atoms with van der Waals surface area (Å²) >= 11 is 3.42. The molecule has 1 saturated heterocycles. The first-order chi connectivity index (χ1) is 9.52. The summed E-state index contributed by atoms with van der Waals surface area (Å²) in [5, 5.41) is 3.18. The van der Waals surface area contributed by atoms with E-state index in [2.05, 4.69) is 21.2 Å². The molecule has 2 unspecified atom stereocenters. The molecule has 1 aliphatic rings. The van der Waals surface area contributed by atoms with Crippen molar-refractivity contribution in [1.29, 1.82) is 0 Å². The van der Waals surface area contributed by atoms with Gasteiger partial charge < -0.3 is 5.32 Å². The fraction of sp³-hybridized carbons (Fsp3) is 0.467. The van der Waals surface area contributed by atoms with Gasteiger partial charge in [0, 0.05) is 17.1 Å². The Bertz CT molecular complexity index is 518. The van der Waals surface area contributed by atoms with Crippen LogP contribution in [0.1, 0.15) is 32.3 Å². The third-order valence-electron chi connectivity index (χ3n) is 3.66. The normalized spacial score (nSPS) is 20.6. The van der Waals surface area contributed by atoms with Crippen molar-refractivity contribution in [2.24, 2.45) is 0 Å². The zero-order valence-electron chi connectivity index (χ0n) is 11.7. The van der Waals surface area contributed by atoms with Crippen LogP contribution < -0.4 is 5.32 Å². The minimum absolute atomic E-state index is 0.0207. The average molecular weight is 339 g/mol. The van der Waals surface area contributed by atoms with Crippen LogP contribution in [0.25, 0.3) is 0 Å². The number of imide groups is 1. The first-order valence-corrected chi connectivity index (χ1v) is 7.66. The van der Waals surface area contributed by atoms with Crippen molar-refractivity contribution in [3.8, 4) is 0 Å². The number of amides is 2. The molecule has 1 fully saturated rings. The SMILES string of the molecule is CCC(C)N1C(=O)CC(NCc2cccc(Br)c2)C1=O. The number of benzene rings is 1. The molecule has 2 amide bonds. The van der Waals surface area contributed by atoms with E-state index in [-0.39, 0.29) is 24.3 Å². The number of nitrogens with one attached hydrogen (secondary N) is 1. The average Bonchev–Trinajstić information content (AvgIpc) is 2.70. The molecular weight excluding hydrogens is 320 g/mol. The molecule has 0 aliphatic carbocycles. The zero-order chi connectivity index (χ0) is 14.7. The highest BCUT2D eigenvalue weighted by molar-refractivity contribution is 9.10. The second-order valence-electron chi connectivity index (χ2n) is 5.13. The highest BCUT2D eigenvalue weighted by atomic mass is 79.9. The Morgan fingerprint density at radius 2 is 2.20 bits per heavy atom. The maximum Gasteiger partial charge on any atom is 0.247 e. The molecule has 0 bridgehead atoms. The monoisotopic (exact) mass is 338 g/mol. The van der Waals surface area contributed by atoms with Crippen LogP contribution in [0, 0.1) is 0 Å². The molecule has 0 spiro atoms. The van der Waals surface area contributed by atoms with Gasteiger partial charge in [0.1, 0.15) is 0 Å². The highest BCUT2D eigenvalue weighted by Crippen LogP contribution is 2.19. The number of hydrogen-bond acceptors (Lipinski definition) is 3. The molecule has 4 nitrogen and oxygen atoms in total. The Balaban J connectivity index is 1.98. The van der Waals surface area contributed by atoms with E-state index in [0.717, 1.165) is 16.5 Å². The van der Waals surface area contributed by atoms with Gasteiger partial charge in [-0.3, -0.25) is 14.5 Å². The van der Waals surface area contributed by atoms with Gasteiger partial charge in [-0.2, -0.15) is 0 Å². The van der Waals surface area contributed by atoms with Crippen LogP contribution in [-0.4, -0.2) is 28.8 Å². The molecule has 1 aromatic rings. The van der Waals surface area contributed by atoms with Crippen LogP contribution in [0.3, 0.4) is 0 Å². The maximum absolute atomic E-state index is 12.2. The summed E-state index contributed by atoms with van der Waals surface area (Å²) in [6.07, 6.45) is 1.05. The number of nitrogens with zero attached hydrogens (tertiary/aromatic N) is 1. The van der Waals surface area contributed by atoms with Crippen molar-refractivity contribution in [2.45, 2.75) is 45.3 Å². The highest BCUT2D eigenvalue weighted by Gasteiger charge is 2.40. The van der Waals surface area contributed by atoms with Crippen molar-refractivity contribution in [1.82, 2.24) is 10.2 Å².